The topological polar surface area (TPSA) is 111 Å². The molecular weight excluding hydrogens is 655 g/mol. The van der Waals surface area contributed by atoms with Gasteiger partial charge in [0, 0.05) is 34.7 Å². The number of benzene rings is 5. The zero-order chi connectivity index (χ0) is 31.9. The number of phosphoric acid groups is 1. The van der Waals surface area contributed by atoms with Crippen LogP contribution in [0.3, 0.4) is 0 Å². The van der Waals surface area contributed by atoms with Gasteiger partial charge in [-0.3, -0.25) is 4.89 Å². The molecule has 0 fully saturated rings. The number of hydrogen-bond donors (Lipinski definition) is 2. The lowest BCUT2D eigenvalue weighted by atomic mass is 9.92. The van der Waals surface area contributed by atoms with Crippen LogP contribution in [0.25, 0.3) is 32.7 Å². The monoisotopic (exact) mass is 688 g/mol. The van der Waals surface area contributed by atoms with Crippen molar-refractivity contribution < 1.29 is 28.0 Å². The predicted octanol–water partition coefficient (Wildman–Crippen LogP) is 9.12. The number of halogens is 1. The zero-order valence-electron chi connectivity index (χ0n) is 25.2. The summed E-state index contributed by atoms with van der Waals surface area (Å²) >= 11 is 3.47. The number of hydrogen-bond acceptors (Lipinski definition) is 6. The molecule has 2 heterocycles. The summed E-state index contributed by atoms with van der Waals surface area (Å²) in [4.78, 5) is 24.0. The van der Waals surface area contributed by atoms with Gasteiger partial charge in [-0.25, -0.2) is 9.36 Å². The molecule has 3 N–H and O–H groups in total. The van der Waals surface area contributed by atoms with E-state index in [1.807, 2.05) is 99.6 Å². The molecule has 7 rings (SSSR count). The molecule has 1 unspecified atom stereocenters. The largest absolute Gasteiger partial charge is 0.584 e. The van der Waals surface area contributed by atoms with E-state index in [1.54, 1.807) is 17.0 Å². The van der Waals surface area contributed by atoms with Crippen molar-refractivity contribution in [3.63, 3.8) is 0 Å². The molecule has 1 atom stereocenters. The molecule has 0 aliphatic carbocycles. The molecule has 2 aliphatic rings. The minimum absolute atomic E-state index is 0.0365. The number of ether oxygens (including phenoxy) is 1. The van der Waals surface area contributed by atoms with Gasteiger partial charge in [-0.2, -0.15) is 0 Å². The summed E-state index contributed by atoms with van der Waals surface area (Å²) < 4.78 is 29.6. The first-order valence-electron chi connectivity index (χ1n) is 14.7. The Kier molecular flexibility index (Phi) is 8.39. The molecular formula is C35H34BrN2O6P. The molecule has 0 saturated carbocycles. The number of phosphoric ester groups is 1. The molecule has 1 amide bonds. The number of fused-ring (bicyclic) bond motifs is 8. The van der Waals surface area contributed by atoms with Crippen LogP contribution in [0.15, 0.2) is 95.5 Å². The van der Waals surface area contributed by atoms with Crippen LogP contribution >= 0.6 is 23.8 Å². The highest BCUT2D eigenvalue weighted by atomic mass is 79.9. The molecule has 8 nitrogen and oxygen atoms in total. The minimum atomic E-state index is -4.25. The van der Waals surface area contributed by atoms with Gasteiger partial charge in [0.1, 0.15) is 17.1 Å². The molecule has 0 spiro atoms. The van der Waals surface area contributed by atoms with E-state index in [0.29, 0.717) is 24.6 Å². The van der Waals surface area contributed by atoms with Crippen molar-refractivity contribution in [2.75, 3.05) is 6.54 Å². The number of rotatable bonds is 0. The van der Waals surface area contributed by atoms with Crippen LogP contribution in [-0.2, 0) is 15.8 Å². The molecule has 10 heteroatoms. The molecule has 0 radical (unpaired) electrons. The fourth-order valence-electron chi connectivity index (χ4n) is 5.73. The second-order valence-electron chi connectivity index (χ2n) is 12.1. The Morgan fingerprint density at radius 1 is 0.911 bits per heavy atom. The normalized spacial score (nSPS) is 16.8. The van der Waals surface area contributed by atoms with Gasteiger partial charge in [0.25, 0.3) is 0 Å². The quantitative estimate of drug-likeness (QED) is 0.156. The summed E-state index contributed by atoms with van der Waals surface area (Å²) in [6, 6.07) is 29.0. The van der Waals surface area contributed by atoms with E-state index < -0.39 is 13.4 Å². The highest BCUT2D eigenvalue weighted by molar-refractivity contribution is 9.10. The fraction of sp³-hybridized carbons (Fsp3) is 0.229. The Bertz CT molecular complexity index is 1880. The number of nitrogens with two attached hydrogens (primary N) is 1. The van der Waals surface area contributed by atoms with Crippen molar-refractivity contribution in [3.05, 3.63) is 107 Å². The Morgan fingerprint density at radius 3 is 2.02 bits per heavy atom. The molecule has 232 valence electrons. The highest BCUT2D eigenvalue weighted by Gasteiger charge is 2.34. The first-order chi connectivity index (χ1) is 21.4. The van der Waals surface area contributed by atoms with Crippen LogP contribution in [0.2, 0.25) is 0 Å². The van der Waals surface area contributed by atoms with Gasteiger partial charge in [-0.15, -0.1) is 0 Å². The highest BCUT2D eigenvalue weighted by Crippen LogP contribution is 2.56. The summed E-state index contributed by atoms with van der Waals surface area (Å²) in [5.74, 6) is 0.694. The third-order valence-electron chi connectivity index (χ3n) is 7.69. The van der Waals surface area contributed by atoms with Crippen LogP contribution in [0, 0.1) is 0 Å². The summed E-state index contributed by atoms with van der Waals surface area (Å²) in [6.45, 7) is 6.77. The van der Waals surface area contributed by atoms with Crippen LogP contribution in [0.1, 0.15) is 44.4 Å². The van der Waals surface area contributed by atoms with Crippen molar-refractivity contribution in [1.29, 1.82) is 0 Å². The van der Waals surface area contributed by atoms with Gasteiger partial charge in [-0.1, -0.05) is 82.7 Å². The third kappa shape index (κ3) is 6.72. The first kappa shape index (κ1) is 31.1. The van der Waals surface area contributed by atoms with E-state index >= 15 is 0 Å². The van der Waals surface area contributed by atoms with Crippen LogP contribution in [0.4, 0.5) is 4.79 Å². The first-order valence-corrected chi connectivity index (χ1v) is 16.9. The Hall–Kier alpha value is -3.88. The van der Waals surface area contributed by atoms with Gasteiger partial charge >= 0.3 is 13.9 Å². The maximum absolute atomic E-state index is 12.4. The summed E-state index contributed by atoms with van der Waals surface area (Å²) in [5, 5.41) is 3.95. The van der Waals surface area contributed by atoms with E-state index in [2.05, 4.69) is 15.9 Å². The van der Waals surface area contributed by atoms with E-state index in [9.17, 15) is 14.3 Å². The van der Waals surface area contributed by atoms with E-state index in [-0.39, 0.29) is 12.1 Å². The Balaban J connectivity index is 0.000000164. The number of carbonyl (C=O) groups excluding carboxylic acids is 1. The van der Waals surface area contributed by atoms with Crippen molar-refractivity contribution in [1.82, 2.24) is 4.90 Å². The second-order valence-corrected chi connectivity index (χ2v) is 14.3. The van der Waals surface area contributed by atoms with E-state index in [0.717, 1.165) is 54.7 Å². The van der Waals surface area contributed by atoms with Gasteiger partial charge in [-0.05, 0) is 84.1 Å². The van der Waals surface area contributed by atoms with Gasteiger partial charge in [0.2, 0.25) is 0 Å². The smallest absolute Gasteiger partial charge is 0.444 e. The van der Waals surface area contributed by atoms with Crippen LogP contribution in [0.5, 0.6) is 11.5 Å². The molecule has 45 heavy (non-hydrogen) atoms. The maximum atomic E-state index is 12.4. The van der Waals surface area contributed by atoms with E-state index in [4.69, 9.17) is 19.5 Å². The van der Waals surface area contributed by atoms with Crippen LogP contribution in [-0.4, -0.2) is 28.0 Å². The predicted molar refractivity (Wildman–Crippen MR) is 180 cm³/mol. The molecule has 5 aromatic carbocycles. The van der Waals surface area contributed by atoms with E-state index in [1.165, 1.54) is 0 Å². The summed E-state index contributed by atoms with van der Waals surface area (Å²) in [7, 11) is -4.25. The molecule has 0 aromatic heterocycles. The standard InChI is InChI=1S/C20H13O4P.C15H21BrN2O2/c21-25(22)23-17-11-9-13-5-1-3-7-15(13)19(17)20-16-8-4-2-6-14(16)10-12-18(20)24-25;1-15(2,3)20-14(19)18-7-6-13(17)12-5-4-11(16)8-10(12)9-18/h1-12H,(H,21,22);4-5,8,13H,6-7,9,17H2,1-3H3. The lowest BCUT2D eigenvalue weighted by Crippen LogP contribution is -2.36. The number of amides is 1. The summed E-state index contributed by atoms with van der Waals surface area (Å²) in [5.41, 5.74) is 9.45. The van der Waals surface area contributed by atoms with Crippen molar-refractivity contribution in [2.24, 2.45) is 5.73 Å². The van der Waals surface area contributed by atoms with Crippen molar-refractivity contribution in [2.45, 2.75) is 45.4 Å². The lowest BCUT2D eigenvalue weighted by molar-refractivity contribution is 0.0235. The van der Waals surface area contributed by atoms with Crippen molar-refractivity contribution >= 4 is 51.4 Å². The molecule has 0 bridgehead atoms. The van der Waals surface area contributed by atoms with Gasteiger partial charge in [0.05, 0.1) is 0 Å². The molecule has 0 saturated heterocycles. The molecule has 2 aliphatic heterocycles. The zero-order valence-corrected chi connectivity index (χ0v) is 27.7. The van der Waals surface area contributed by atoms with Crippen LogP contribution < -0.4 is 14.8 Å². The SMILES string of the molecule is CC(C)(C)OC(=O)N1CCC(N)c2ccc(Br)cc2C1.O=P1(O)Oc2ccc3ccccc3c2-c2c(ccc3ccccc23)O1. The lowest BCUT2D eigenvalue weighted by Gasteiger charge is -2.26. The van der Waals surface area contributed by atoms with Crippen molar-refractivity contribution in [3.8, 4) is 22.6 Å². The second kappa shape index (κ2) is 12.1. The average molecular weight is 690 g/mol. The maximum Gasteiger partial charge on any atom is 0.584 e. The number of nitrogens with zero attached hydrogens (tertiary/aromatic N) is 1. The number of carbonyl (C=O) groups is 1. The fourth-order valence-corrected chi connectivity index (χ4v) is 6.98. The third-order valence-corrected chi connectivity index (χ3v) is 9.03. The minimum Gasteiger partial charge on any atom is -0.444 e. The van der Waals surface area contributed by atoms with Gasteiger partial charge < -0.3 is 24.4 Å². The average Bonchev–Trinajstić information content (AvgIpc) is 3.22. The Labute approximate surface area is 270 Å². The van der Waals surface area contributed by atoms with Gasteiger partial charge in [0.15, 0.2) is 0 Å². The molecule has 5 aromatic rings. The summed E-state index contributed by atoms with van der Waals surface area (Å²) in [6.07, 6.45) is 0.464. The Morgan fingerprint density at radius 2 is 1.47 bits per heavy atom.